The van der Waals surface area contributed by atoms with Crippen LogP contribution in [0.3, 0.4) is 0 Å². The van der Waals surface area contributed by atoms with E-state index in [4.69, 9.17) is 4.98 Å². The molecule has 3 heterocycles. The molecule has 4 aromatic rings. The van der Waals surface area contributed by atoms with Crippen molar-refractivity contribution in [2.24, 2.45) is 0 Å². The van der Waals surface area contributed by atoms with Gasteiger partial charge in [-0.25, -0.2) is 4.68 Å². The monoisotopic (exact) mass is 297 g/mol. The van der Waals surface area contributed by atoms with E-state index < -0.39 is 0 Å². The van der Waals surface area contributed by atoms with Crippen LogP contribution in [0.5, 0.6) is 0 Å². The minimum atomic E-state index is 0.776. The molecule has 6 heteroatoms. The van der Waals surface area contributed by atoms with Gasteiger partial charge >= 0.3 is 0 Å². The number of benzene rings is 1. The highest BCUT2D eigenvalue weighted by Gasteiger charge is 2.16. The van der Waals surface area contributed by atoms with Crippen molar-refractivity contribution in [3.05, 3.63) is 47.7 Å². The maximum atomic E-state index is 4.76. The molecule has 0 atom stereocenters. The summed E-state index contributed by atoms with van der Waals surface area (Å²) in [5, 5.41) is 11.1. The van der Waals surface area contributed by atoms with Gasteiger partial charge in [0.25, 0.3) is 0 Å². The Hall–Kier alpha value is -2.18. The number of fused-ring (bicyclic) bond motifs is 2. The lowest BCUT2D eigenvalue weighted by Crippen LogP contribution is -2.15. The Morgan fingerprint density at radius 2 is 2.19 bits per heavy atom. The van der Waals surface area contributed by atoms with Crippen LogP contribution in [0.2, 0.25) is 0 Å². The van der Waals surface area contributed by atoms with Gasteiger partial charge in [-0.15, -0.1) is 11.3 Å². The molecule has 3 aromatic heterocycles. The Morgan fingerprint density at radius 3 is 3.10 bits per heavy atom. The van der Waals surface area contributed by atoms with E-state index in [1.807, 2.05) is 23.0 Å². The smallest absolute Gasteiger partial charge is 0.196 e. The third kappa shape index (κ3) is 1.95. The second-order valence-electron chi connectivity index (χ2n) is 4.83. The molecule has 4 rings (SSSR count). The molecule has 21 heavy (non-hydrogen) atoms. The second kappa shape index (κ2) is 4.98. The van der Waals surface area contributed by atoms with Gasteiger partial charge in [0, 0.05) is 23.5 Å². The number of aromatic nitrogens is 4. The molecule has 0 fully saturated rings. The van der Waals surface area contributed by atoms with E-state index in [0.717, 1.165) is 40.5 Å². The number of imidazole rings is 1. The third-order valence-electron chi connectivity index (χ3n) is 3.56. The molecule has 0 aliphatic heterocycles. The van der Waals surface area contributed by atoms with Crippen LogP contribution in [0.1, 0.15) is 12.6 Å². The Kier molecular flexibility index (Phi) is 2.98. The van der Waals surface area contributed by atoms with E-state index in [-0.39, 0.29) is 0 Å². The maximum Gasteiger partial charge on any atom is 0.196 e. The topological polar surface area (TPSA) is 47.2 Å². The molecule has 0 amide bonds. The van der Waals surface area contributed by atoms with Crippen molar-refractivity contribution in [3.63, 3.8) is 0 Å². The van der Waals surface area contributed by atoms with E-state index in [1.165, 1.54) is 0 Å². The zero-order valence-electron chi connectivity index (χ0n) is 11.7. The normalized spacial score (nSPS) is 11.7. The summed E-state index contributed by atoms with van der Waals surface area (Å²) in [7, 11) is 0. The average Bonchev–Trinajstić information content (AvgIpc) is 3.18. The minimum Gasteiger partial charge on any atom is -0.311 e. The molecule has 0 aliphatic rings. The number of rotatable bonds is 4. The quantitative estimate of drug-likeness (QED) is 0.630. The van der Waals surface area contributed by atoms with Gasteiger partial charge < -0.3 is 5.32 Å². The van der Waals surface area contributed by atoms with Crippen LogP contribution in [0, 0.1) is 0 Å². The minimum absolute atomic E-state index is 0.776. The van der Waals surface area contributed by atoms with Gasteiger partial charge in [-0.3, -0.25) is 4.40 Å². The molecule has 0 saturated heterocycles. The first kappa shape index (κ1) is 12.6. The molecule has 1 N–H and O–H groups in total. The fourth-order valence-electron chi connectivity index (χ4n) is 2.54. The lowest BCUT2D eigenvalue weighted by atomic mass is 10.2. The summed E-state index contributed by atoms with van der Waals surface area (Å²) >= 11 is 1.64. The number of hydrogen-bond donors (Lipinski definition) is 1. The van der Waals surface area contributed by atoms with E-state index in [1.54, 1.807) is 11.3 Å². The molecular weight excluding hydrogens is 282 g/mol. The van der Waals surface area contributed by atoms with Crippen molar-refractivity contribution in [2.45, 2.75) is 13.5 Å². The van der Waals surface area contributed by atoms with Gasteiger partial charge in [-0.1, -0.05) is 25.1 Å². The summed E-state index contributed by atoms with van der Waals surface area (Å²) in [6.07, 6.45) is 3.95. The fourth-order valence-corrected chi connectivity index (χ4v) is 3.27. The first-order valence-electron chi connectivity index (χ1n) is 6.96. The summed E-state index contributed by atoms with van der Waals surface area (Å²) in [6, 6.07) is 8.20. The zero-order valence-corrected chi connectivity index (χ0v) is 12.5. The number of nitrogens with zero attached hydrogens (tertiary/aromatic N) is 4. The maximum absolute atomic E-state index is 4.76. The Bertz CT molecular complexity index is 901. The SMILES string of the molecule is CCNCc1c(-n2ncc3ccccc32)nc2sccn12. The predicted octanol–water partition coefficient (Wildman–Crippen LogP) is 2.84. The molecule has 5 nitrogen and oxygen atoms in total. The standard InChI is InChI=1S/C15H15N5S/c1-2-16-10-13-14(18-15-19(13)7-8-21-15)20-12-6-4-3-5-11(12)9-17-20/h3-9,16H,2,10H2,1H3. The number of para-hydroxylation sites is 1. The molecular formula is C15H15N5S. The average molecular weight is 297 g/mol. The van der Waals surface area contributed by atoms with Crippen LogP contribution in [-0.4, -0.2) is 25.7 Å². The van der Waals surface area contributed by atoms with Gasteiger partial charge in [0.15, 0.2) is 10.8 Å². The Balaban J connectivity index is 1.94. The van der Waals surface area contributed by atoms with Crippen molar-refractivity contribution < 1.29 is 0 Å². The highest BCUT2D eigenvalue weighted by Crippen LogP contribution is 2.23. The van der Waals surface area contributed by atoms with Gasteiger partial charge in [-0.05, 0) is 12.6 Å². The third-order valence-corrected chi connectivity index (χ3v) is 4.32. The molecule has 0 saturated carbocycles. The fraction of sp³-hybridized carbons (Fsp3) is 0.200. The van der Waals surface area contributed by atoms with E-state index in [0.29, 0.717) is 0 Å². The van der Waals surface area contributed by atoms with Crippen LogP contribution in [0.15, 0.2) is 42.0 Å². The van der Waals surface area contributed by atoms with Gasteiger partial charge in [0.1, 0.15) is 0 Å². The van der Waals surface area contributed by atoms with E-state index >= 15 is 0 Å². The lowest BCUT2D eigenvalue weighted by Gasteiger charge is -2.05. The van der Waals surface area contributed by atoms with Crippen LogP contribution in [0.25, 0.3) is 21.7 Å². The molecule has 0 aliphatic carbocycles. The van der Waals surface area contributed by atoms with Gasteiger partial charge in [-0.2, -0.15) is 10.1 Å². The van der Waals surface area contributed by atoms with Crippen molar-refractivity contribution >= 4 is 27.2 Å². The summed E-state index contributed by atoms with van der Waals surface area (Å²) in [5.41, 5.74) is 2.22. The molecule has 0 spiro atoms. The first-order valence-corrected chi connectivity index (χ1v) is 7.84. The molecule has 0 radical (unpaired) electrons. The molecule has 106 valence electrons. The van der Waals surface area contributed by atoms with Crippen LogP contribution >= 0.6 is 11.3 Å². The number of hydrogen-bond acceptors (Lipinski definition) is 4. The van der Waals surface area contributed by atoms with E-state index in [2.05, 4.69) is 45.4 Å². The Morgan fingerprint density at radius 1 is 1.29 bits per heavy atom. The van der Waals surface area contributed by atoms with E-state index in [9.17, 15) is 0 Å². The zero-order chi connectivity index (χ0) is 14.2. The largest absolute Gasteiger partial charge is 0.311 e. The molecule has 1 aromatic carbocycles. The van der Waals surface area contributed by atoms with Crippen molar-refractivity contribution in [1.29, 1.82) is 0 Å². The first-order chi connectivity index (χ1) is 10.4. The summed E-state index contributed by atoms with van der Waals surface area (Å²) in [5.74, 6) is 0.906. The second-order valence-corrected chi connectivity index (χ2v) is 5.71. The lowest BCUT2D eigenvalue weighted by molar-refractivity contribution is 0.697. The van der Waals surface area contributed by atoms with Crippen molar-refractivity contribution in [2.75, 3.05) is 6.54 Å². The Labute approximate surface area is 125 Å². The molecule has 0 unspecified atom stereocenters. The highest BCUT2D eigenvalue weighted by atomic mass is 32.1. The highest BCUT2D eigenvalue weighted by molar-refractivity contribution is 7.15. The van der Waals surface area contributed by atoms with Crippen molar-refractivity contribution in [1.82, 2.24) is 24.5 Å². The predicted molar refractivity (Wildman–Crippen MR) is 85.1 cm³/mol. The summed E-state index contributed by atoms with van der Waals surface area (Å²) in [6.45, 7) is 3.81. The van der Waals surface area contributed by atoms with Gasteiger partial charge in [0.05, 0.1) is 17.4 Å². The summed E-state index contributed by atoms with van der Waals surface area (Å²) in [4.78, 5) is 5.76. The molecule has 0 bridgehead atoms. The summed E-state index contributed by atoms with van der Waals surface area (Å²) < 4.78 is 4.07. The van der Waals surface area contributed by atoms with Crippen molar-refractivity contribution in [3.8, 4) is 5.82 Å². The van der Waals surface area contributed by atoms with Crippen LogP contribution < -0.4 is 5.32 Å². The van der Waals surface area contributed by atoms with Gasteiger partial charge in [0.2, 0.25) is 0 Å². The number of nitrogens with one attached hydrogen (secondary N) is 1. The number of thiazole rings is 1. The van der Waals surface area contributed by atoms with Crippen LogP contribution in [0.4, 0.5) is 0 Å². The van der Waals surface area contributed by atoms with Crippen LogP contribution in [-0.2, 0) is 6.54 Å².